The quantitative estimate of drug-likeness (QED) is 0.758. The standard InChI is InChI=1S/C18H21NO6S/c1-23-14-6-4-5-13(11-14)19-18(20)9-10-26(21,22)15-7-8-16(24-2)17(12-15)25-3/h4-8,11-12H,9-10H2,1-3H3,(H,19,20). The minimum Gasteiger partial charge on any atom is -0.497 e. The number of hydrogen-bond donors (Lipinski definition) is 1. The Morgan fingerprint density at radius 2 is 1.69 bits per heavy atom. The summed E-state index contributed by atoms with van der Waals surface area (Å²) >= 11 is 0. The zero-order valence-electron chi connectivity index (χ0n) is 14.8. The van der Waals surface area contributed by atoms with E-state index in [1.54, 1.807) is 24.3 Å². The summed E-state index contributed by atoms with van der Waals surface area (Å²) in [4.78, 5) is 12.1. The van der Waals surface area contributed by atoms with Crippen LogP contribution in [0.2, 0.25) is 0 Å². The smallest absolute Gasteiger partial charge is 0.225 e. The van der Waals surface area contributed by atoms with Gasteiger partial charge >= 0.3 is 0 Å². The van der Waals surface area contributed by atoms with Crippen LogP contribution >= 0.6 is 0 Å². The van der Waals surface area contributed by atoms with Gasteiger partial charge in [-0.2, -0.15) is 0 Å². The van der Waals surface area contributed by atoms with E-state index < -0.39 is 15.7 Å². The summed E-state index contributed by atoms with van der Waals surface area (Å²) in [6.07, 6.45) is -0.173. The molecule has 2 aromatic carbocycles. The van der Waals surface area contributed by atoms with E-state index in [1.807, 2.05) is 0 Å². The van der Waals surface area contributed by atoms with E-state index in [0.29, 0.717) is 22.9 Å². The van der Waals surface area contributed by atoms with E-state index >= 15 is 0 Å². The molecule has 0 atom stereocenters. The van der Waals surface area contributed by atoms with Gasteiger partial charge < -0.3 is 19.5 Å². The van der Waals surface area contributed by atoms with Crippen LogP contribution in [0.1, 0.15) is 6.42 Å². The SMILES string of the molecule is COc1cccc(NC(=O)CCS(=O)(=O)c2ccc(OC)c(OC)c2)c1. The molecule has 0 unspecified atom stereocenters. The van der Waals surface area contributed by atoms with Crippen molar-refractivity contribution in [1.82, 2.24) is 0 Å². The number of anilines is 1. The minimum absolute atomic E-state index is 0.0735. The number of amides is 1. The van der Waals surface area contributed by atoms with Gasteiger partial charge in [-0.05, 0) is 24.3 Å². The molecular formula is C18H21NO6S. The maximum atomic E-state index is 12.5. The second kappa shape index (κ2) is 8.57. The average Bonchev–Trinajstić information content (AvgIpc) is 2.66. The molecule has 0 radical (unpaired) electrons. The molecule has 1 amide bonds. The van der Waals surface area contributed by atoms with Gasteiger partial charge in [0.25, 0.3) is 0 Å². The third-order valence-electron chi connectivity index (χ3n) is 3.67. The Hall–Kier alpha value is -2.74. The van der Waals surface area contributed by atoms with Gasteiger partial charge in [0.1, 0.15) is 5.75 Å². The summed E-state index contributed by atoms with van der Waals surface area (Å²) in [6, 6.07) is 11.2. The lowest BCUT2D eigenvalue weighted by Gasteiger charge is -2.10. The Balaban J connectivity index is 2.04. The number of ether oxygens (including phenoxy) is 3. The van der Waals surface area contributed by atoms with Crippen LogP contribution in [-0.2, 0) is 14.6 Å². The van der Waals surface area contributed by atoms with Gasteiger partial charge in [-0.1, -0.05) is 6.07 Å². The summed E-state index contributed by atoms with van der Waals surface area (Å²) in [6.45, 7) is 0. The van der Waals surface area contributed by atoms with Crippen molar-refractivity contribution in [3.63, 3.8) is 0 Å². The molecule has 0 heterocycles. The first-order valence-electron chi connectivity index (χ1n) is 7.78. The topological polar surface area (TPSA) is 90.9 Å². The molecule has 0 saturated carbocycles. The van der Waals surface area contributed by atoms with E-state index in [0.717, 1.165) is 0 Å². The zero-order valence-corrected chi connectivity index (χ0v) is 15.6. The third-order valence-corrected chi connectivity index (χ3v) is 5.38. The highest BCUT2D eigenvalue weighted by molar-refractivity contribution is 7.91. The molecule has 0 aromatic heterocycles. The van der Waals surface area contributed by atoms with Gasteiger partial charge in [-0.3, -0.25) is 4.79 Å². The van der Waals surface area contributed by atoms with Gasteiger partial charge in [-0.25, -0.2) is 8.42 Å². The van der Waals surface area contributed by atoms with Crippen molar-refractivity contribution in [2.45, 2.75) is 11.3 Å². The van der Waals surface area contributed by atoms with Crippen LogP contribution in [0.15, 0.2) is 47.4 Å². The number of benzene rings is 2. The zero-order chi connectivity index (χ0) is 19.2. The first kappa shape index (κ1) is 19.6. The second-order valence-electron chi connectivity index (χ2n) is 5.37. The maximum absolute atomic E-state index is 12.5. The first-order valence-corrected chi connectivity index (χ1v) is 9.43. The van der Waals surface area contributed by atoms with Crippen LogP contribution in [0.25, 0.3) is 0 Å². The number of hydrogen-bond acceptors (Lipinski definition) is 6. The molecule has 7 nitrogen and oxygen atoms in total. The van der Waals surface area contributed by atoms with E-state index in [9.17, 15) is 13.2 Å². The monoisotopic (exact) mass is 379 g/mol. The number of carbonyl (C=O) groups is 1. The molecule has 8 heteroatoms. The lowest BCUT2D eigenvalue weighted by atomic mass is 10.3. The molecule has 0 spiro atoms. The summed E-state index contributed by atoms with van der Waals surface area (Å²) < 4.78 is 40.2. The van der Waals surface area contributed by atoms with Gasteiger partial charge in [0.15, 0.2) is 21.3 Å². The predicted molar refractivity (Wildman–Crippen MR) is 97.8 cm³/mol. The molecule has 0 bridgehead atoms. The number of methoxy groups -OCH3 is 3. The fourth-order valence-corrected chi connectivity index (χ4v) is 3.53. The van der Waals surface area contributed by atoms with Crippen LogP contribution in [0, 0.1) is 0 Å². The molecule has 2 rings (SSSR count). The highest BCUT2D eigenvalue weighted by Crippen LogP contribution is 2.30. The van der Waals surface area contributed by atoms with E-state index in [-0.39, 0.29) is 17.1 Å². The van der Waals surface area contributed by atoms with Crippen molar-refractivity contribution in [3.05, 3.63) is 42.5 Å². The van der Waals surface area contributed by atoms with Crippen LogP contribution < -0.4 is 19.5 Å². The normalized spacial score (nSPS) is 10.9. The maximum Gasteiger partial charge on any atom is 0.225 e. The molecule has 0 aliphatic carbocycles. The van der Waals surface area contributed by atoms with Crippen molar-refractivity contribution in [1.29, 1.82) is 0 Å². The predicted octanol–water partition coefficient (Wildman–Crippen LogP) is 2.51. The summed E-state index contributed by atoms with van der Waals surface area (Å²) in [7, 11) is 0.779. The van der Waals surface area contributed by atoms with Crippen molar-refractivity contribution >= 4 is 21.4 Å². The molecule has 0 saturated heterocycles. The van der Waals surface area contributed by atoms with Gasteiger partial charge in [0, 0.05) is 24.2 Å². The largest absolute Gasteiger partial charge is 0.497 e. The molecule has 26 heavy (non-hydrogen) atoms. The molecule has 0 fully saturated rings. The van der Waals surface area contributed by atoms with Crippen LogP contribution in [0.4, 0.5) is 5.69 Å². The Morgan fingerprint density at radius 1 is 0.962 bits per heavy atom. The van der Waals surface area contributed by atoms with Crippen molar-refractivity contribution < 1.29 is 27.4 Å². The minimum atomic E-state index is -3.64. The Bertz CT molecular complexity index is 879. The Labute approximate surface area is 152 Å². The fourth-order valence-electron chi connectivity index (χ4n) is 2.28. The van der Waals surface area contributed by atoms with Gasteiger partial charge in [0.2, 0.25) is 5.91 Å². The average molecular weight is 379 g/mol. The number of rotatable bonds is 8. The summed E-state index contributed by atoms with van der Waals surface area (Å²) in [5.41, 5.74) is 0.540. The van der Waals surface area contributed by atoms with E-state index in [2.05, 4.69) is 5.32 Å². The molecule has 0 aliphatic heterocycles. The lowest BCUT2D eigenvalue weighted by molar-refractivity contribution is -0.115. The van der Waals surface area contributed by atoms with Gasteiger partial charge in [0.05, 0.1) is 32.0 Å². The van der Waals surface area contributed by atoms with Crippen molar-refractivity contribution in [2.24, 2.45) is 0 Å². The highest BCUT2D eigenvalue weighted by Gasteiger charge is 2.19. The fraction of sp³-hybridized carbons (Fsp3) is 0.278. The Kier molecular flexibility index (Phi) is 6.46. The number of carbonyl (C=O) groups excluding carboxylic acids is 1. The number of sulfone groups is 1. The molecule has 0 aliphatic rings. The van der Waals surface area contributed by atoms with Crippen LogP contribution in [0.3, 0.4) is 0 Å². The molecule has 140 valence electrons. The number of nitrogens with one attached hydrogen (secondary N) is 1. The lowest BCUT2D eigenvalue weighted by Crippen LogP contribution is -2.17. The molecular weight excluding hydrogens is 358 g/mol. The summed E-state index contributed by atoms with van der Waals surface area (Å²) in [5.74, 6) is 0.623. The van der Waals surface area contributed by atoms with Crippen molar-refractivity contribution in [2.75, 3.05) is 32.4 Å². The molecule has 2 aromatic rings. The second-order valence-corrected chi connectivity index (χ2v) is 7.47. The first-order chi connectivity index (χ1) is 12.4. The van der Waals surface area contributed by atoms with Crippen LogP contribution in [-0.4, -0.2) is 41.4 Å². The van der Waals surface area contributed by atoms with E-state index in [4.69, 9.17) is 14.2 Å². The van der Waals surface area contributed by atoms with Gasteiger partial charge in [-0.15, -0.1) is 0 Å². The van der Waals surface area contributed by atoms with E-state index in [1.165, 1.54) is 39.5 Å². The summed E-state index contributed by atoms with van der Waals surface area (Å²) in [5, 5.41) is 2.65. The highest BCUT2D eigenvalue weighted by atomic mass is 32.2. The Morgan fingerprint density at radius 3 is 2.35 bits per heavy atom. The van der Waals surface area contributed by atoms with Crippen LogP contribution in [0.5, 0.6) is 17.2 Å². The van der Waals surface area contributed by atoms with Crippen molar-refractivity contribution in [3.8, 4) is 17.2 Å². The third kappa shape index (κ3) is 4.89. The molecule has 1 N–H and O–H groups in total.